The van der Waals surface area contributed by atoms with Gasteiger partial charge in [-0.1, -0.05) is 13.8 Å². The second kappa shape index (κ2) is 7.09. The Kier molecular flexibility index (Phi) is 5.40. The molecule has 1 atom stereocenters. The number of pyridine rings is 1. The lowest BCUT2D eigenvalue weighted by atomic mass is 10.1. The van der Waals surface area contributed by atoms with Gasteiger partial charge in [-0.25, -0.2) is 0 Å². The van der Waals surface area contributed by atoms with E-state index < -0.39 is 0 Å². The monoisotopic (exact) mass is 305 g/mol. The van der Waals surface area contributed by atoms with Crippen molar-refractivity contribution in [3.05, 3.63) is 33.7 Å². The van der Waals surface area contributed by atoms with Crippen LogP contribution in [0.25, 0.3) is 0 Å². The minimum atomic E-state index is -0.199. The molecule has 0 radical (unpaired) electrons. The molecule has 2 heterocycles. The van der Waals surface area contributed by atoms with E-state index in [-0.39, 0.29) is 11.5 Å². The highest BCUT2D eigenvalue weighted by Gasteiger charge is 2.23. The number of nitrogens with one attached hydrogen (secondary N) is 1. The minimum Gasteiger partial charge on any atom is -0.341 e. The van der Waals surface area contributed by atoms with E-state index in [1.165, 1.54) is 6.07 Å². The van der Waals surface area contributed by atoms with Crippen molar-refractivity contribution in [1.29, 1.82) is 0 Å². The quantitative estimate of drug-likeness (QED) is 0.899. The molecule has 1 fully saturated rings. The van der Waals surface area contributed by atoms with Gasteiger partial charge in [-0.15, -0.1) is 0 Å². The van der Waals surface area contributed by atoms with Crippen molar-refractivity contribution >= 4 is 5.91 Å². The van der Waals surface area contributed by atoms with Crippen LogP contribution in [0.1, 0.15) is 36.3 Å². The fourth-order valence-electron chi connectivity index (χ4n) is 3.14. The Hall–Kier alpha value is -1.62. The van der Waals surface area contributed by atoms with Gasteiger partial charge in [0.2, 0.25) is 5.56 Å². The van der Waals surface area contributed by atoms with Gasteiger partial charge in [-0.2, -0.15) is 0 Å². The van der Waals surface area contributed by atoms with Crippen LogP contribution in [-0.2, 0) is 6.42 Å². The molecule has 0 unspecified atom stereocenters. The van der Waals surface area contributed by atoms with Gasteiger partial charge >= 0.3 is 0 Å². The standard InChI is InChI=1S/C17H27N3O2/c1-12(2)7-15-8-14(9-16(21)18-15)17(22)20(4)11-13-5-6-19(3)10-13/h8-9,12-13H,5-7,10-11H2,1-4H3,(H,18,21)/t13-/m0/s1. The summed E-state index contributed by atoms with van der Waals surface area (Å²) in [6.07, 6.45) is 1.90. The summed E-state index contributed by atoms with van der Waals surface area (Å²) >= 11 is 0. The minimum absolute atomic E-state index is 0.0642. The second-order valence-electron chi connectivity index (χ2n) is 6.96. The summed E-state index contributed by atoms with van der Waals surface area (Å²) in [5.74, 6) is 0.898. The molecule has 1 aliphatic heterocycles. The predicted molar refractivity (Wildman–Crippen MR) is 88.2 cm³/mol. The highest BCUT2D eigenvalue weighted by Crippen LogP contribution is 2.16. The van der Waals surface area contributed by atoms with Gasteiger partial charge in [0, 0.05) is 37.5 Å². The van der Waals surface area contributed by atoms with E-state index in [2.05, 4.69) is 30.8 Å². The number of aromatic nitrogens is 1. The first kappa shape index (κ1) is 16.7. The number of hydrogen-bond donors (Lipinski definition) is 1. The zero-order valence-electron chi connectivity index (χ0n) is 14.1. The Labute approximate surface area is 132 Å². The molecule has 1 aliphatic rings. The van der Waals surface area contributed by atoms with E-state index in [1.807, 2.05) is 13.1 Å². The summed E-state index contributed by atoms with van der Waals surface area (Å²) < 4.78 is 0. The largest absolute Gasteiger partial charge is 0.341 e. The van der Waals surface area contributed by atoms with Crippen LogP contribution in [0.3, 0.4) is 0 Å². The van der Waals surface area contributed by atoms with Crippen molar-refractivity contribution < 1.29 is 4.79 Å². The van der Waals surface area contributed by atoms with Crippen LogP contribution in [0.5, 0.6) is 0 Å². The molecule has 2 rings (SSSR count). The van der Waals surface area contributed by atoms with Crippen molar-refractivity contribution in [2.45, 2.75) is 26.7 Å². The van der Waals surface area contributed by atoms with E-state index >= 15 is 0 Å². The smallest absolute Gasteiger partial charge is 0.253 e. The number of likely N-dealkylation sites (tertiary alicyclic amines) is 1. The molecular weight excluding hydrogens is 278 g/mol. The van der Waals surface area contributed by atoms with Crippen molar-refractivity contribution in [3.8, 4) is 0 Å². The maximum absolute atomic E-state index is 12.6. The van der Waals surface area contributed by atoms with E-state index in [0.717, 1.165) is 38.2 Å². The number of aromatic amines is 1. The van der Waals surface area contributed by atoms with Crippen LogP contribution < -0.4 is 5.56 Å². The number of rotatable bonds is 5. The number of carbonyl (C=O) groups is 1. The van der Waals surface area contributed by atoms with Crippen molar-refractivity contribution in [3.63, 3.8) is 0 Å². The predicted octanol–water partition coefficient (Wildman–Crippen LogP) is 1.60. The maximum atomic E-state index is 12.6. The normalized spacial score (nSPS) is 18.9. The molecule has 122 valence electrons. The molecule has 0 saturated carbocycles. The van der Waals surface area contributed by atoms with E-state index in [1.54, 1.807) is 4.90 Å². The molecule has 1 saturated heterocycles. The van der Waals surface area contributed by atoms with E-state index in [4.69, 9.17) is 0 Å². The highest BCUT2D eigenvalue weighted by atomic mass is 16.2. The van der Waals surface area contributed by atoms with Crippen LogP contribution >= 0.6 is 0 Å². The lowest BCUT2D eigenvalue weighted by Gasteiger charge is -2.21. The number of amides is 1. The van der Waals surface area contributed by atoms with Gasteiger partial charge in [-0.05, 0) is 44.3 Å². The molecule has 0 spiro atoms. The zero-order chi connectivity index (χ0) is 16.3. The average molecular weight is 305 g/mol. The number of carbonyl (C=O) groups excluding carboxylic acids is 1. The highest BCUT2D eigenvalue weighted by molar-refractivity contribution is 5.94. The maximum Gasteiger partial charge on any atom is 0.253 e. The van der Waals surface area contributed by atoms with Crippen LogP contribution in [0.15, 0.2) is 16.9 Å². The molecule has 1 aromatic rings. The summed E-state index contributed by atoms with van der Waals surface area (Å²) in [7, 11) is 3.93. The SMILES string of the molecule is CC(C)Cc1cc(C(=O)N(C)C[C@H]2CCN(C)C2)cc(=O)[nH]1. The fourth-order valence-corrected chi connectivity index (χ4v) is 3.14. The lowest BCUT2D eigenvalue weighted by molar-refractivity contribution is 0.0773. The van der Waals surface area contributed by atoms with Crippen molar-refractivity contribution in [2.24, 2.45) is 11.8 Å². The average Bonchev–Trinajstić information content (AvgIpc) is 2.81. The summed E-state index contributed by atoms with van der Waals surface area (Å²) in [6, 6.07) is 3.23. The molecule has 5 nitrogen and oxygen atoms in total. The molecule has 0 bridgehead atoms. The molecule has 5 heteroatoms. The Morgan fingerprint density at radius 2 is 2.18 bits per heavy atom. The Balaban J connectivity index is 2.07. The van der Waals surface area contributed by atoms with Gasteiger partial charge in [0.25, 0.3) is 5.91 Å². The number of H-pyrrole nitrogens is 1. The van der Waals surface area contributed by atoms with E-state index in [0.29, 0.717) is 17.4 Å². The first-order valence-electron chi connectivity index (χ1n) is 8.02. The van der Waals surface area contributed by atoms with Gasteiger partial charge in [0.1, 0.15) is 0 Å². The molecule has 22 heavy (non-hydrogen) atoms. The first-order chi connectivity index (χ1) is 10.3. The molecule has 1 N–H and O–H groups in total. The topological polar surface area (TPSA) is 56.4 Å². The third-order valence-corrected chi connectivity index (χ3v) is 4.14. The second-order valence-corrected chi connectivity index (χ2v) is 6.96. The lowest BCUT2D eigenvalue weighted by Crippen LogP contribution is -2.33. The van der Waals surface area contributed by atoms with Gasteiger partial charge < -0.3 is 14.8 Å². The first-order valence-corrected chi connectivity index (χ1v) is 8.02. The Morgan fingerprint density at radius 3 is 2.77 bits per heavy atom. The van der Waals surface area contributed by atoms with Crippen molar-refractivity contribution in [1.82, 2.24) is 14.8 Å². The molecule has 1 aromatic heterocycles. The van der Waals surface area contributed by atoms with Crippen LogP contribution in [0, 0.1) is 11.8 Å². The summed E-state index contributed by atoms with van der Waals surface area (Å²) in [5, 5.41) is 0. The summed E-state index contributed by atoms with van der Waals surface area (Å²) in [4.78, 5) is 31.2. The fraction of sp³-hybridized carbons (Fsp3) is 0.647. The Bertz CT molecular complexity index is 580. The Morgan fingerprint density at radius 1 is 1.45 bits per heavy atom. The van der Waals surface area contributed by atoms with Crippen LogP contribution in [0.4, 0.5) is 0 Å². The molecular formula is C17H27N3O2. The van der Waals surface area contributed by atoms with Gasteiger partial charge in [0.05, 0.1) is 0 Å². The van der Waals surface area contributed by atoms with Crippen molar-refractivity contribution in [2.75, 3.05) is 33.7 Å². The summed E-state index contributed by atoms with van der Waals surface area (Å²) in [6.45, 7) is 7.06. The van der Waals surface area contributed by atoms with E-state index in [9.17, 15) is 9.59 Å². The molecule has 0 aliphatic carbocycles. The molecule has 1 amide bonds. The van der Waals surface area contributed by atoms with Crippen LogP contribution in [0.2, 0.25) is 0 Å². The summed E-state index contributed by atoms with van der Waals surface area (Å²) in [5.41, 5.74) is 1.13. The van der Waals surface area contributed by atoms with Gasteiger partial charge in [-0.3, -0.25) is 9.59 Å². The van der Waals surface area contributed by atoms with Crippen LogP contribution in [-0.4, -0.2) is 54.4 Å². The third kappa shape index (κ3) is 4.44. The number of hydrogen-bond acceptors (Lipinski definition) is 3. The van der Waals surface area contributed by atoms with Gasteiger partial charge in [0.15, 0.2) is 0 Å². The third-order valence-electron chi connectivity index (χ3n) is 4.14. The number of nitrogens with zero attached hydrogens (tertiary/aromatic N) is 2. The molecule has 0 aromatic carbocycles. The zero-order valence-corrected chi connectivity index (χ0v) is 14.1.